The molecule has 2 bridgehead atoms. The molecule has 3 fully saturated rings. The van der Waals surface area contributed by atoms with Gasteiger partial charge in [0.15, 0.2) is 0 Å². The van der Waals surface area contributed by atoms with E-state index in [-0.39, 0.29) is 11.2 Å². The quantitative estimate of drug-likeness (QED) is 0.403. The number of nitrogens with one attached hydrogen (secondary N) is 1. The summed E-state index contributed by atoms with van der Waals surface area (Å²) in [6, 6.07) is 4.85. The van der Waals surface area contributed by atoms with Crippen LogP contribution in [0.5, 0.6) is 0 Å². The molecule has 2 aromatic heterocycles. The van der Waals surface area contributed by atoms with Gasteiger partial charge in [-0.25, -0.2) is 19.3 Å². The third kappa shape index (κ3) is 3.61. The molecule has 3 N–H and O–H groups in total. The Morgan fingerprint density at radius 1 is 1.12 bits per heavy atom. The van der Waals surface area contributed by atoms with Crippen LogP contribution in [-0.2, 0) is 6.18 Å². The molecule has 0 saturated heterocycles. The van der Waals surface area contributed by atoms with Crippen molar-refractivity contribution in [3.63, 3.8) is 0 Å². The van der Waals surface area contributed by atoms with Gasteiger partial charge in [-0.05, 0) is 43.7 Å². The van der Waals surface area contributed by atoms with Crippen LogP contribution in [0.3, 0.4) is 0 Å². The van der Waals surface area contributed by atoms with Crippen LogP contribution in [0.25, 0.3) is 10.9 Å². The van der Waals surface area contributed by atoms with Gasteiger partial charge in [0, 0.05) is 37.4 Å². The third-order valence-electron chi connectivity index (χ3n) is 6.83. The molecule has 174 valence electrons. The van der Waals surface area contributed by atoms with Crippen LogP contribution in [0.1, 0.15) is 49.2 Å². The van der Waals surface area contributed by atoms with Crippen LogP contribution in [-0.4, -0.2) is 33.2 Å². The van der Waals surface area contributed by atoms with Crippen LogP contribution in [0.15, 0.2) is 30.5 Å². The number of hydrogen-bond donors (Lipinski definition) is 2. The van der Waals surface area contributed by atoms with Crippen LogP contribution in [0, 0.1) is 6.92 Å². The largest absolute Gasteiger partial charge is 0.416 e. The minimum atomic E-state index is -4.49. The first-order chi connectivity index (χ1) is 15.4. The van der Waals surface area contributed by atoms with Gasteiger partial charge in [0.1, 0.15) is 23.1 Å². The van der Waals surface area contributed by atoms with Crippen molar-refractivity contribution in [2.24, 2.45) is 0 Å². The molecule has 3 aliphatic rings. The van der Waals surface area contributed by atoms with E-state index in [1.807, 2.05) is 18.0 Å². The topological polar surface area (TPSA) is 80.0 Å². The zero-order valence-electron chi connectivity index (χ0n) is 18.5. The molecular weight excluding hydrogens is 436 g/mol. The van der Waals surface area contributed by atoms with Crippen molar-refractivity contribution in [3.8, 4) is 0 Å². The smallest absolute Gasteiger partial charge is 0.399 e. The number of rotatable bonds is 5. The van der Waals surface area contributed by atoms with Crippen molar-refractivity contribution in [1.29, 1.82) is 0 Å². The summed E-state index contributed by atoms with van der Waals surface area (Å²) in [6.07, 6.45) is -1.35. The molecule has 0 unspecified atom stereocenters. The van der Waals surface area contributed by atoms with Gasteiger partial charge < -0.3 is 16.0 Å². The second-order valence-corrected chi connectivity index (χ2v) is 9.40. The van der Waals surface area contributed by atoms with Crippen LogP contribution in [0.2, 0.25) is 0 Å². The van der Waals surface area contributed by atoms with Gasteiger partial charge in [0.25, 0.3) is 0 Å². The van der Waals surface area contributed by atoms with E-state index in [0.717, 1.165) is 12.1 Å². The summed E-state index contributed by atoms with van der Waals surface area (Å²) >= 11 is 0. The fraction of sp³-hybridized carbons (Fsp3) is 0.435. The van der Waals surface area contributed by atoms with Crippen molar-refractivity contribution in [2.75, 3.05) is 23.0 Å². The summed E-state index contributed by atoms with van der Waals surface area (Å²) in [5.74, 6) is 1.66. The number of hydrogen-bond acceptors (Lipinski definition) is 6. The second kappa shape index (κ2) is 6.91. The van der Waals surface area contributed by atoms with Crippen molar-refractivity contribution in [3.05, 3.63) is 47.4 Å². The molecule has 6 nitrogen and oxygen atoms in total. The number of alkyl halides is 4. The summed E-state index contributed by atoms with van der Waals surface area (Å²) in [6.45, 7) is 3.48. The van der Waals surface area contributed by atoms with Gasteiger partial charge in [-0.2, -0.15) is 13.2 Å². The monoisotopic (exact) mass is 460 g/mol. The number of nitrogens with two attached hydrogens (primary N) is 1. The molecule has 6 rings (SSSR count). The summed E-state index contributed by atoms with van der Waals surface area (Å²) in [7, 11) is 1.91. The zero-order chi connectivity index (χ0) is 23.8. The number of nitrogens with zero attached hydrogens (tertiary/aromatic N) is 4. The summed E-state index contributed by atoms with van der Waals surface area (Å²) < 4.78 is 53.8. The van der Waals surface area contributed by atoms with Gasteiger partial charge in [0.2, 0.25) is 0 Å². The highest BCUT2D eigenvalue weighted by molar-refractivity contribution is 5.90. The van der Waals surface area contributed by atoms with E-state index in [9.17, 15) is 17.6 Å². The Balaban J connectivity index is 1.48. The molecule has 0 aliphatic heterocycles. The number of pyridine rings is 1. The molecule has 1 aromatic carbocycles. The number of halogens is 4. The Morgan fingerprint density at radius 2 is 1.82 bits per heavy atom. The van der Waals surface area contributed by atoms with Crippen molar-refractivity contribution < 1.29 is 17.6 Å². The van der Waals surface area contributed by atoms with Gasteiger partial charge in [-0.3, -0.25) is 0 Å². The minimum Gasteiger partial charge on any atom is -0.399 e. The summed E-state index contributed by atoms with van der Waals surface area (Å²) in [5.41, 5.74) is 4.74. The van der Waals surface area contributed by atoms with E-state index in [0.29, 0.717) is 53.2 Å². The lowest BCUT2D eigenvalue weighted by atomic mass is 9.47. The Labute approximate surface area is 188 Å². The standard InChI is InChI=1S/C23H24F4N6/c1-12(14-4-15(23(25,26)27)6-16(28)5-14)30-20-17-7-19(29-8-18(17)31-13(2)32-20)33(3)22-9-21(24,10-22)11-22/h4-8,12H,9-11,28H2,1-3H3,(H,30,31,32)/t12-,21?,22?/m1/s1. The first kappa shape index (κ1) is 21.7. The van der Waals surface area contributed by atoms with E-state index in [2.05, 4.69) is 20.3 Å². The first-order valence-electron chi connectivity index (χ1n) is 10.7. The predicted molar refractivity (Wildman–Crippen MR) is 119 cm³/mol. The Morgan fingerprint density at radius 3 is 2.45 bits per heavy atom. The molecule has 0 spiro atoms. The van der Waals surface area contributed by atoms with Gasteiger partial charge in [-0.15, -0.1) is 0 Å². The maximum Gasteiger partial charge on any atom is 0.416 e. The number of nitrogen functional groups attached to an aromatic ring is 1. The molecule has 2 heterocycles. The third-order valence-corrected chi connectivity index (χ3v) is 6.83. The lowest BCUT2D eigenvalue weighted by Gasteiger charge is -2.69. The van der Waals surface area contributed by atoms with E-state index in [4.69, 9.17) is 5.73 Å². The molecule has 0 amide bonds. The maximum atomic E-state index is 14.0. The molecule has 0 radical (unpaired) electrons. The molecule has 33 heavy (non-hydrogen) atoms. The van der Waals surface area contributed by atoms with E-state index < -0.39 is 23.5 Å². The van der Waals surface area contributed by atoms with Gasteiger partial charge in [-0.1, -0.05) is 0 Å². The van der Waals surface area contributed by atoms with Crippen molar-refractivity contribution in [2.45, 2.75) is 56.5 Å². The molecule has 10 heteroatoms. The first-order valence-corrected chi connectivity index (χ1v) is 10.7. The molecule has 3 aliphatic carbocycles. The number of aryl methyl sites for hydroxylation is 1. The predicted octanol–water partition coefficient (Wildman–Crippen LogP) is 5.19. The van der Waals surface area contributed by atoms with E-state index in [1.165, 1.54) is 6.07 Å². The average Bonchev–Trinajstić information content (AvgIpc) is 2.68. The van der Waals surface area contributed by atoms with E-state index in [1.54, 1.807) is 20.0 Å². The lowest BCUT2D eigenvalue weighted by Crippen LogP contribution is -2.76. The summed E-state index contributed by atoms with van der Waals surface area (Å²) in [5, 5.41) is 3.90. The fourth-order valence-corrected chi connectivity index (χ4v) is 5.02. The lowest BCUT2D eigenvalue weighted by molar-refractivity contribution is -0.150. The van der Waals surface area contributed by atoms with Crippen LogP contribution < -0.4 is 16.0 Å². The van der Waals surface area contributed by atoms with Crippen molar-refractivity contribution >= 4 is 28.2 Å². The maximum absolute atomic E-state index is 14.0. The SMILES string of the molecule is Cc1nc(N[C@H](C)c2cc(N)cc(C(F)(F)F)c2)c2cc(N(C)C34CC(F)(C3)C4)ncc2n1. The number of fused-ring (bicyclic) bond motifs is 1. The number of aromatic nitrogens is 3. The highest BCUT2D eigenvalue weighted by atomic mass is 19.4. The molecule has 3 aromatic rings. The number of benzene rings is 1. The normalized spacial score (nSPS) is 24.7. The fourth-order valence-electron chi connectivity index (χ4n) is 5.02. The second-order valence-electron chi connectivity index (χ2n) is 9.40. The Bertz CT molecular complexity index is 1240. The number of anilines is 3. The van der Waals surface area contributed by atoms with Gasteiger partial charge >= 0.3 is 6.18 Å². The molecule has 3 saturated carbocycles. The van der Waals surface area contributed by atoms with E-state index >= 15 is 0 Å². The molecule has 1 atom stereocenters. The summed E-state index contributed by atoms with van der Waals surface area (Å²) in [4.78, 5) is 15.5. The highest BCUT2D eigenvalue weighted by Gasteiger charge is 2.71. The van der Waals surface area contributed by atoms with Crippen LogP contribution >= 0.6 is 0 Å². The average molecular weight is 460 g/mol. The Kier molecular flexibility index (Phi) is 4.54. The Hall–Kier alpha value is -3.17. The minimum absolute atomic E-state index is 0.0366. The molecular formula is C23H24F4N6. The highest BCUT2D eigenvalue weighted by Crippen LogP contribution is 2.66. The van der Waals surface area contributed by atoms with Crippen molar-refractivity contribution in [1.82, 2.24) is 15.0 Å². The zero-order valence-corrected chi connectivity index (χ0v) is 18.5. The van der Waals surface area contributed by atoms with Gasteiger partial charge in [0.05, 0.1) is 28.9 Å². The van der Waals surface area contributed by atoms with Crippen LogP contribution in [0.4, 0.5) is 34.9 Å².